The Balaban J connectivity index is 2.30. The van der Waals surface area contributed by atoms with Crippen molar-refractivity contribution in [3.63, 3.8) is 0 Å². The largest absolute Gasteiger partial charge is 0.332 e. The first-order valence-corrected chi connectivity index (χ1v) is 0.986. The Morgan fingerprint density at radius 2 is 2.25 bits per heavy atom. The van der Waals surface area contributed by atoms with Crippen LogP contribution in [0, 0.1) is 0 Å². The summed E-state index contributed by atoms with van der Waals surface area (Å²) in [7, 11) is 0. The van der Waals surface area contributed by atoms with Crippen LogP contribution >= 0.6 is 0 Å². The summed E-state index contributed by atoms with van der Waals surface area (Å²) >= 11 is 0. The molecule has 0 aliphatic carbocycles. The van der Waals surface area contributed by atoms with Gasteiger partial charge in [-0.1, -0.05) is 6.58 Å². The van der Waals surface area contributed by atoms with Gasteiger partial charge in [0.25, 0.3) is 0 Å². The second-order valence-corrected chi connectivity index (χ2v) is 0.371. The predicted octanol–water partition coefficient (Wildman–Crippen LogP) is -0.407. The maximum atomic E-state index is 4.66. The molecule has 0 radical (unpaired) electrons. The van der Waals surface area contributed by atoms with Crippen molar-refractivity contribution in [1.82, 2.24) is 5.43 Å². The minimum Gasteiger partial charge on any atom is -0.332 e. The molecule has 3 N–H and O–H groups in total. The van der Waals surface area contributed by atoms with Gasteiger partial charge in [0.15, 0.2) is 0 Å². The summed E-state index contributed by atoms with van der Waals surface area (Å²) in [4.78, 5) is 0. The number of nitrogens with two attached hydrogens (primary N) is 1. The topological polar surface area (TPSA) is 38.0 Å². The Bertz CT molecular complexity index is 18.0. The minimum atomic E-state index is 1.40. The van der Waals surface area contributed by atoms with Crippen molar-refractivity contribution in [2.75, 3.05) is 0 Å². The molecule has 0 aromatic rings. The van der Waals surface area contributed by atoms with E-state index in [4.69, 9.17) is 0 Å². The Morgan fingerprint density at radius 3 is 2.25 bits per heavy atom. The smallest absolute Gasteiger partial charge is 0.00506 e. The molecule has 24 valence electrons. The van der Waals surface area contributed by atoms with Crippen LogP contribution in [0.4, 0.5) is 0 Å². The third-order valence-electron chi connectivity index (χ3n) is 0.118. The highest BCUT2D eigenvalue weighted by atomic mass is 15.2. The SMILES string of the molecule is C=CNN. The molecule has 0 unspecified atom stereocenters. The molecule has 2 nitrogen and oxygen atoms in total. The first-order valence-electron chi connectivity index (χ1n) is 0.986. The summed E-state index contributed by atoms with van der Waals surface area (Å²) in [6, 6.07) is 0. The zero-order valence-electron chi connectivity index (χ0n) is 2.36. The molecule has 0 fully saturated rings. The Labute approximate surface area is 25.3 Å². The number of hydrogen-bond acceptors (Lipinski definition) is 2. The fourth-order valence-corrected chi connectivity index (χ4v) is 0. The summed E-state index contributed by atoms with van der Waals surface area (Å²) in [5, 5.41) is 0. The van der Waals surface area contributed by atoms with Crippen LogP contribution in [0.2, 0.25) is 0 Å². The van der Waals surface area contributed by atoms with Crippen LogP contribution in [0.1, 0.15) is 0 Å². The monoisotopic (exact) mass is 58.1 g/mol. The molecule has 0 heterocycles. The van der Waals surface area contributed by atoms with Crippen LogP contribution < -0.4 is 11.3 Å². The van der Waals surface area contributed by atoms with Gasteiger partial charge in [-0.3, -0.25) is 5.84 Å². The lowest BCUT2D eigenvalue weighted by Gasteiger charge is -1.72. The molecule has 0 aliphatic heterocycles. The number of hydrogen-bond donors (Lipinski definition) is 2. The molecular formula is C2H6N2. The van der Waals surface area contributed by atoms with Gasteiger partial charge in [-0.25, -0.2) is 0 Å². The Kier molecular flexibility index (Phi) is 2.19. The molecule has 2 heteroatoms. The summed E-state index contributed by atoms with van der Waals surface area (Å²) in [6.45, 7) is 3.24. The first kappa shape index (κ1) is 3.50. The van der Waals surface area contributed by atoms with E-state index in [0.29, 0.717) is 0 Å². The van der Waals surface area contributed by atoms with Gasteiger partial charge in [0.2, 0.25) is 0 Å². The van der Waals surface area contributed by atoms with Crippen LogP contribution in [-0.4, -0.2) is 0 Å². The first-order chi connectivity index (χ1) is 1.91. The molecule has 0 rings (SSSR count). The second-order valence-electron chi connectivity index (χ2n) is 0.371. The van der Waals surface area contributed by atoms with E-state index in [2.05, 4.69) is 17.8 Å². The van der Waals surface area contributed by atoms with Crippen molar-refractivity contribution in [2.45, 2.75) is 0 Å². The highest BCUT2D eigenvalue weighted by Gasteiger charge is 1.33. The predicted molar refractivity (Wildman–Crippen MR) is 17.5 cm³/mol. The van der Waals surface area contributed by atoms with E-state index in [9.17, 15) is 0 Å². The zero-order chi connectivity index (χ0) is 3.41. The molecule has 0 aliphatic rings. The van der Waals surface area contributed by atoms with E-state index < -0.39 is 0 Å². The van der Waals surface area contributed by atoms with Crippen molar-refractivity contribution in [3.8, 4) is 0 Å². The van der Waals surface area contributed by atoms with Gasteiger partial charge < -0.3 is 5.43 Å². The van der Waals surface area contributed by atoms with E-state index in [1.54, 1.807) is 0 Å². The van der Waals surface area contributed by atoms with Crippen LogP contribution in [-0.2, 0) is 0 Å². The Hall–Kier alpha value is -0.500. The number of nitrogens with one attached hydrogen (secondary N) is 1. The normalized spacial score (nSPS) is 5.25. The molecule has 0 atom stereocenters. The van der Waals surface area contributed by atoms with Crippen LogP contribution in [0.25, 0.3) is 0 Å². The van der Waals surface area contributed by atoms with Crippen molar-refractivity contribution in [2.24, 2.45) is 5.84 Å². The highest BCUT2D eigenvalue weighted by molar-refractivity contribution is 4.53. The van der Waals surface area contributed by atoms with Gasteiger partial charge in [0, 0.05) is 6.20 Å². The average Bonchev–Trinajstić information content (AvgIpc) is 1.37. The summed E-state index contributed by atoms with van der Waals surface area (Å²) in [6.07, 6.45) is 1.40. The number of hydrazine groups is 1. The third kappa shape index (κ3) is 1.50. The van der Waals surface area contributed by atoms with Crippen molar-refractivity contribution < 1.29 is 0 Å². The fraction of sp³-hybridized carbons (Fsp3) is 0. The van der Waals surface area contributed by atoms with Crippen LogP contribution in [0.15, 0.2) is 12.8 Å². The van der Waals surface area contributed by atoms with Crippen molar-refractivity contribution in [3.05, 3.63) is 12.8 Å². The van der Waals surface area contributed by atoms with Crippen LogP contribution in [0.3, 0.4) is 0 Å². The van der Waals surface area contributed by atoms with Crippen LogP contribution in [0.5, 0.6) is 0 Å². The van der Waals surface area contributed by atoms with Gasteiger partial charge in [0.1, 0.15) is 0 Å². The molecule has 0 aromatic carbocycles. The maximum absolute atomic E-state index is 4.66. The molecule has 4 heavy (non-hydrogen) atoms. The summed E-state index contributed by atoms with van der Waals surface area (Å²) in [5.74, 6) is 4.66. The molecule has 0 spiro atoms. The number of rotatable bonds is 1. The fourth-order valence-electron chi connectivity index (χ4n) is 0. The minimum absolute atomic E-state index is 1.40. The summed E-state index contributed by atoms with van der Waals surface area (Å²) in [5.41, 5.74) is 2.19. The standard InChI is InChI=1S/C2H6N2/c1-2-4-3/h2,4H,1,3H2. The molecule has 0 amide bonds. The lowest BCUT2D eigenvalue weighted by molar-refractivity contribution is 0.972. The second kappa shape index (κ2) is 2.50. The average molecular weight is 58.1 g/mol. The molecule has 0 saturated carbocycles. The molecular weight excluding hydrogens is 52.0 g/mol. The van der Waals surface area contributed by atoms with Gasteiger partial charge in [-0.15, -0.1) is 0 Å². The molecule has 0 saturated heterocycles. The van der Waals surface area contributed by atoms with Gasteiger partial charge in [0.05, 0.1) is 0 Å². The summed E-state index contributed by atoms with van der Waals surface area (Å²) < 4.78 is 0. The van der Waals surface area contributed by atoms with Gasteiger partial charge >= 0.3 is 0 Å². The van der Waals surface area contributed by atoms with E-state index in [1.807, 2.05) is 0 Å². The van der Waals surface area contributed by atoms with Gasteiger partial charge in [-0.2, -0.15) is 0 Å². The van der Waals surface area contributed by atoms with E-state index in [-0.39, 0.29) is 0 Å². The maximum Gasteiger partial charge on any atom is 0.00506 e. The van der Waals surface area contributed by atoms with E-state index >= 15 is 0 Å². The molecule has 0 aromatic heterocycles. The zero-order valence-corrected chi connectivity index (χ0v) is 2.36. The quantitative estimate of drug-likeness (QED) is 0.318. The van der Waals surface area contributed by atoms with Gasteiger partial charge in [-0.05, 0) is 0 Å². The third-order valence-corrected chi connectivity index (χ3v) is 0.118. The lowest BCUT2D eigenvalue weighted by atomic mass is 11.1. The lowest BCUT2D eigenvalue weighted by Crippen LogP contribution is -2.11. The van der Waals surface area contributed by atoms with Crippen molar-refractivity contribution in [1.29, 1.82) is 0 Å². The van der Waals surface area contributed by atoms with Crippen molar-refractivity contribution >= 4 is 0 Å². The Morgan fingerprint density at radius 1 is 2.00 bits per heavy atom. The molecule has 0 bridgehead atoms. The highest BCUT2D eigenvalue weighted by Crippen LogP contribution is 1.26. The van der Waals surface area contributed by atoms with E-state index in [1.165, 1.54) is 6.20 Å². The van der Waals surface area contributed by atoms with E-state index in [0.717, 1.165) is 0 Å².